The van der Waals surface area contributed by atoms with Gasteiger partial charge in [-0.1, -0.05) is 4.67 Å². The van der Waals surface area contributed by atoms with Crippen molar-refractivity contribution in [2.75, 3.05) is 19.0 Å². The van der Waals surface area contributed by atoms with Crippen LogP contribution in [0.4, 0.5) is 19.0 Å². The fourth-order valence-corrected chi connectivity index (χ4v) is 1.85. The maximum Gasteiger partial charge on any atom is 0.495 e. The van der Waals surface area contributed by atoms with E-state index >= 15 is 0 Å². The van der Waals surface area contributed by atoms with Crippen molar-refractivity contribution in [2.24, 2.45) is 0 Å². The number of anilines is 1. The third kappa shape index (κ3) is 3.40. The Morgan fingerprint density at radius 3 is 2.75 bits per heavy atom. The van der Waals surface area contributed by atoms with Gasteiger partial charge >= 0.3 is 17.6 Å². The van der Waals surface area contributed by atoms with E-state index in [1.807, 2.05) is 0 Å². The zero-order valence-electron chi connectivity index (χ0n) is 10.3. The van der Waals surface area contributed by atoms with Crippen LogP contribution in [0.5, 0.6) is 5.75 Å². The second-order valence-electron chi connectivity index (χ2n) is 3.88. The van der Waals surface area contributed by atoms with Gasteiger partial charge in [0.05, 0.1) is 7.11 Å². The molecule has 1 aromatic heterocycles. The van der Waals surface area contributed by atoms with E-state index in [1.165, 1.54) is 13.2 Å². The second-order valence-corrected chi connectivity index (χ2v) is 4.79. The van der Waals surface area contributed by atoms with Gasteiger partial charge in [-0.3, -0.25) is 0 Å². The van der Waals surface area contributed by atoms with Gasteiger partial charge in [0.2, 0.25) is 0 Å². The molecular weight excluding hydrogens is 339 g/mol. The Labute approximate surface area is 121 Å². The van der Waals surface area contributed by atoms with Crippen molar-refractivity contribution in [2.45, 2.75) is 6.18 Å². The molecule has 8 heteroatoms. The molecule has 0 spiro atoms. The molecule has 1 aliphatic rings. The lowest BCUT2D eigenvalue weighted by atomic mass is 10.3. The van der Waals surface area contributed by atoms with Gasteiger partial charge in [-0.2, -0.15) is 13.2 Å². The molecule has 1 aromatic rings. The quantitative estimate of drug-likeness (QED) is 0.849. The van der Waals surface area contributed by atoms with Crippen molar-refractivity contribution < 1.29 is 17.9 Å². The predicted molar refractivity (Wildman–Crippen MR) is 74.3 cm³/mol. The molecule has 0 aliphatic carbocycles. The third-order valence-corrected chi connectivity index (χ3v) is 2.90. The smallest absolute Gasteiger partial charge is 0.493 e. The minimum atomic E-state index is -4.42. The highest BCUT2D eigenvalue weighted by Crippen LogP contribution is 2.25. The van der Waals surface area contributed by atoms with Crippen LogP contribution in [0.2, 0.25) is 0 Å². The molecule has 0 amide bonds. The number of nitrogens with zero attached hydrogens (tertiary/aromatic N) is 2. The van der Waals surface area contributed by atoms with E-state index in [0.717, 1.165) is 10.5 Å². The Hall–Kier alpha value is -1.79. The number of rotatable bonds is 4. The highest BCUT2D eigenvalue weighted by molar-refractivity contribution is 9.10. The van der Waals surface area contributed by atoms with Crippen LogP contribution in [0, 0.1) is 0 Å². The van der Waals surface area contributed by atoms with Gasteiger partial charge in [0.25, 0.3) is 0 Å². The average molecular weight is 349 g/mol. The summed E-state index contributed by atoms with van der Waals surface area (Å²) in [6.07, 6.45) is -0.597. The maximum absolute atomic E-state index is 12.4. The topological polar surface area (TPSA) is 48.2 Å². The normalized spacial score (nSPS) is 14.1. The lowest BCUT2D eigenvalue weighted by molar-refractivity contribution is -0.0577. The van der Waals surface area contributed by atoms with Gasteiger partial charge in [0.15, 0.2) is 11.6 Å². The fourth-order valence-electron chi connectivity index (χ4n) is 1.54. The van der Waals surface area contributed by atoms with Crippen molar-refractivity contribution in [1.29, 1.82) is 0 Å². The summed E-state index contributed by atoms with van der Waals surface area (Å²) in [4.78, 5) is 4.09. The predicted octanol–water partition coefficient (Wildman–Crippen LogP) is 2.35. The van der Waals surface area contributed by atoms with Crippen LogP contribution in [-0.2, 0) is 0 Å². The van der Waals surface area contributed by atoms with Gasteiger partial charge in [-0.05, 0) is 22.0 Å². The number of methoxy groups -OCH3 is 1. The Morgan fingerprint density at radius 2 is 2.15 bits per heavy atom. The van der Waals surface area contributed by atoms with Gasteiger partial charge in [-0.15, -0.1) is 0 Å². The molecule has 2 heterocycles. The summed E-state index contributed by atoms with van der Waals surface area (Å²) in [6, 6.07) is 1.70. The van der Waals surface area contributed by atoms with Crippen LogP contribution in [0.25, 0.3) is 0 Å². The van der Waals surface area contributed by atoms with Crippen molar-refractivity contribution >= 4 is 33.2 Å². The minimum Gasteiger partial charge on any atom is -0.493 e. The molecule has 0 unspecified atom stereocenters. The first-order valence-electron chi connectivity index (χ1n) is 5.53. The minimum absolute atomic E-state index is 0.126. The highest BCUT2D eigenvalue weighted by atomic mass is 79.9. The maximum atomic E-state index is 12.4. The molecule has 20 heavy (non-hydrogen) atoms. The number of hydrogen-bond acceptors (Lipinski definition) is 3. The van der Waals surface area contributed by atoms with E-state index in [0.29, 0.717) is 11.6 Å². The van der Waals surface area contributed by atoms with Crippen molar-refractivity contribution in [3.8, 4) is 5.75 Å². The van der Waals surface area contributed by atoms with Gasteiger partial charge in [0, 0.05) is 22.8 Å². The summed E-state index contributed by atoms with van der Waals surface area (Å²) >= 11 is 3.25. The third-order valence-electron chi connectivity index (χ3n) is 2.46. The number of halogens is 4. The van der Waals surface area contributed by atoms with Crippen LogP contribution in [0.1, 0.15) is 0 Å². The van der Waals surface area contributed by atoms with Crippen LogP contribution < -0.4 is 14.7 Å². The average Bonchev–Trinajstić information content (AvgIpc) is 2.86. The first-order valence-corrected chi connectivity index (χ1v) is 6.32. The zero-order chi connectivity index (χ0) is 14.8. The van der Waals surface area contributed by atoms with Crippen molar-refractivity contribution in [3.05, 3.63) is 28.9 Å². The van der Waals surface area contributed by atoms with E-state index in [1.54, 1.807) is 12.3 Å². The number of aromatic nitrogens is 1. The lowest BCUT2D eigenvalue weighted by Crippen LogP contribution is -2.22. The number of ether oxygens (including phenoxy) is 1. The molecule has 0 radical (unpaired) electrons. The summed E-state index contributed by atoms with van der Waals surface area (Å²) in [5.74, 6) is 0.925. The van der Waals surface area contributed by atoms with Crippen LogP contribution in [0.3, 0.4) is 0 Å². The van der Waals surface area contributed by atoms with E-state index in [9.17, 15) is 13.2 Å². The summed E-state index contributed by atoms with van der Waals surface area (Å²) in [7, 11) is 1.48. The van der Waals surface area contributed by atoms with Gasteiger partial charge < -0.3 is 10.1 Å². The van der Waals surface area contributed by atoms with Crippen LogP contribution >= 0.6 is 15.9 Å². The van der Waals surface area contributed by atoms with E-state index in [2.05, 4.69) is 30.9 Å². The summed E-state index contributed by atoms with van der Waals surface area (Å²) in [5, 5.41) is 2.89. The van der Waals surface area contributed by atoms with Gasteiger partial charge in [0.1, 0.15) is 6.54 Å². The largest absolute Gasteiger partial charge is 0.495 e. The van der Waals surface area contributed by atoms with E-state index in [-0.39, 0.29) is 12.3 Å². The standard InChI is InChI=1S/C12H10BrF3N3O/c1-20-9-4-7(13)5-17-11(9)18-6-8-2-3-10(19-8)12(14,15)16/h2-5H,6H2,1H3,(H,17,18)/q+1. The first kappa shape index (κ1) is 14.6. The molecule has 0 fully saturated rings. The Kier molecular flexibility index (Phi) is 4.15. The Bertz CT molecular complexity index is 619. The molecule has 4 nitrogen and oxygen atoms in total. The number of alkyl halides is 3. The number of allylic oxidation sites excluding steroid dienone is 1. The molecule has 0 aromatic carbocycles. The molecular formula is C12H10BrF3N3O+. The van der Waals surface area contributed by atoms with E-state index in [4.69, 9.17) is 4.74 Å². The highest BCUT2D eigenvalue weighted by Gasteiger charge is 2.45. The summed E-state index contributed by atoms with van der Waals surface area (Å²) in [5.41, 5.74) is -0.617. The SMILES string of the molecule is COc1cc(Br)cnc1NCC1=[N+]=C(C(F)(F)F)C=C1. The Morgan fingerprint density at radius 1 is 1.40 bits per heavy atom. The summed E-state index contributed by atoms with van der Waals surface area (Å²) < 4.78 is 46.6. The Balaban J connectivity index is 2.11. The van der Waals surface area contributed by atoms with Crippen molar-refractivity contribution in [3.63, 3.8) is 0 Å². The molecule has 0 atom stereocenters. The number of hydrogen-bond donors (Lipinski definition) is 1. The second kappa shape index (κ2) is 5.68. The molecule has 0 saturated heterocycles. The summed E-state index contributed by atoms with van der Waals surface area (Å²) in [6.45, 7) is 0.126. The number of nitrogens with one attached hydrogen (secondary N) is 1. The van der Waals surface area contributed by atoms with Gasteiger partial charge in [-0.25, -0.2) is 4.98 Å². The molecule has 0 saturated carbocycles. The molecule has 2 rings (SSSR count). The monoisotopic (exact) mass is 348 g/mol. The fraction of sp³-hybridized carbons (Fsp3) is 0.250. The zero-order valence-corrected chi connectivity index (χ0v) is 11.9. The number of pyridine rings is 1. The molecule has 0 bridgehead atoms. The van der Waals surface area contributed by atoms with Crippen LogP contribution in [-0.4, -0.2) is 36.2 Å². The van der Waals surface area contributed by atoms with Crippen LogP contribution in [0.15, 0.2) is 28.9 Å². The van der Waals surface area contributed by atoms with E-state index < -0.39 is 11.9 Å². The first-order chi connectivity index (χ1) is 9.40. The molecule has 106 valence electrons. The molecule has 1 N–H and O–H groups in total. The lowest BCUT2D eigenvalue weighted by Gasteiger charge is -2.07. The van der Waals surface area contributed by atoms with Crippen molar-refractivity contribution in [1.82, 2.24) is 9.65 Å². The molecule has 1 aliphatic heterocycles.